The summed E-state index contributed by atoms with van der Waals surface area (Å²) in [6, 6.07) is 1.84. The number of hydrogen-bond acceptors (Lipinski definition) is 3. The van der Waals surface area contributed by atoms with Crippen molar-refractivity contribution in [3.05, 3.63) is 0 Å². The van der Waals surface area contributed by atoms with Gasteiger partial charge in [0.25, 0.3) is 0 Å². The van der Waals surface area contributed by atoms with Crippen molar-refractivity contribution < 1.29 is 0 Å². The van der Waals surface area contributed by atoms with Crippen LogP contribution in [0.3, 0.4) is 0 Å². The van der Waals surface area contributed by atoms with Crippen LogP contribution in [-0.2, 0) is 0 Å². The van der Waals surface area contributed by atoms with Crippen molar-refractivity contribution in [2.75, 3.05) is 26.7 Å². The van der Waals surface area contributed by atoms with Gasteiger partial charge < -0.3 is 5.73 Å². The molecule has 0 saturated carbocycles. The van der Waals surface area contributed by atoms with E-state index in [4.69, 9.17) is 5.73 Å². The topological polar surface area (TPSA) is 32.5 Å². The van der Waals surface area contributed by atoms with Crippen LogP contribution >= 0.6 is 0 Å². The zero-order chi connectivity index (χ0) is 11.0. The Morgan fingerprint density at radius 2 is 1.73 bits per heavy atom. The highest BCUT2D eigenvalue weighted by Gasteiger charge is 2.37. The molecule has 2 saturated heterocycles. The first-order chi connectivity index (χ1) is 7.06. The molecule has 88 valence electrons. The number of hydrogen-bond donors (Lipinski definition) is 1. The Morgan fingerprint density at radius 1 is 1.20 bits per heavy atom. The molecule has 0 radical (unpaired) electrons. The quantitative estimate of drug-likeness (QED) is 0.731. The summed E-state index contributed by atoms with van der Waals surface area (Å²) in [6.45, 7) is 8.30. The molecule has 2 fully saturated rings. The first-order valence-electron chi connectivity index (χ1n) is 6.26. The SMILES string of the molecule is CC(C)CN1C[C@H]2C[C@@H](N)C[C@@H](C1)N2C. The minimum Gasteiger partial charge on any atom is -0.328 e. The molecule has 2 rings (SSSR count). The summed E-state index contributed by atoms with van der Waals surface area (Å²) in [5, 5.41) is 0. The number of likely N-dealkylation sites (tertiary alicyclic amines) is 1. The van der Waals surface area contributed by atoms with E-state index >= 15 is 0 Å². The number of likely N-dealkylation sites (N-methyl/N-ethyl adjacent to an activating group) is 1. The van der Waals surface area contributed by atoms with Crippen LogP contribution in [0.15, 0.2) is 0 Å². The Labute approximate surface area is 93.6 Å². The summed E-state index contributed by atoms with van der Waals surface area (Å²) in [6.07, 6.45) is 2.36. The van der Waals surface area contributed by atoms with Crippen LogP contribution in [0.25, 0.3) is 0 Å². The molecule has 0 unspecified atom stereocenters. The summed E-state index contributed by atoms with van der Waals surface area (Å²) in [7, 11) is 2.27. The van der Waals surface area contributed by atoms with E-state index in [1.165, 1.54) is 32.5 Å². The molecule has 3 nitrogen and oxygen atoms in total. The van der Waals surface area contributed by atoms with Gasteiger partial charge in [-0.25, -0.2) is 0 Å². The Hall–Kier alpha value is -0.120. The third kappa shape index (κ3) is 2.52. The molecule has 2 N–H and O–H groups in total. The zero-order valence-corrected chi connectivity index (χ0v) is 10.3. The fourth-order valence-corrected chi connectivity index (χ4v) is 3.17. The van der Waals surface area contributed by atoms with Crippen molar-refractivity contribution >= 4 is 0 Å². The van der Waals surface area contributed by atoms with E-state index in [9.17, 15) is 0 Å². The molecule has 15 heavy (non-hydrogen) atoms. The maximum atomic E-state index is 6.09. The first kappa shape index (κ1) is 11.4. The predicted molar refractivity (Wildman–Crippen MR) is 63.8 cm³/mol. The lowest BCUT2D eigenvalue weighted by Crippen LogP contribution is -2.63. The summed E-state index contributed by atoms with van der Waals surface area (Å²) < 4.78 is 0. The summed E-state index contributed by atoms with van der Waals surface area (Å²) in [5.74, 6) is 0.780. The van der Waals surface area contributed by atoms with Gasteiger partial charge in [0.05, 0.1) is 0 Å². The van der Waals surface area contributed by atoms with Gasteiger partial charge in [0.15, 0.2) is 0 Å². The number of piperazine rings is 1. The zero-order valence-electron chi connectivity index (χ0n) is 10.3. The van der Waals surface area contributed by atoms with Crippen LogP contribution in [0, 0.1) is 5.92 Å². The minimum atomic E-state index is 0.442. The van der Waals surface area contributed by atoms with E-state index in [0.29, 0.717) is 18.1 Å². The van der Waals surface area contributed by atoms with Gasteiger partial charge in [0.1, 0.15) is 0 Å². The Morgan fingerprint density at radius 3 is 2.20 bits per heavy atom. The highest BCUT2D eigenvalue weighted by atomic mass is 15.3. The average Bonchev–Trinajstić information content (AvgIpc) is 2.08. The molecule has 0 aromatic rings. The highest BCUT2D eigenvalue weighted by molar-refractivity contribution is 4.95. The van der Waals surface area contributed by atoms with Crippen molar-refractivity contribution in [2.24, 2.45) is 11.7 Å². The van der Waals surface area contributed by atoms with E-state index in [-0.39, 0.29) is 0 Å². The smallest absolute Gasteiger partial charge is 0.0238 e. The summed E-state index contributed by atoms with van der Waals surface area (Å²) in [4.78, 5) is 5.19. The molecule has 0 aromatic heterocycles. The number of fused-ring (bicyclic) bond motifs is 2. The van der Waals surface area contributed by atoms with E-state index in [2.05, 4.69) is 30.7 Å². The van der Waals surface area contributed by atoms with Crippen molar-refractivity contribution in [3.8, 4) is 0 Å². The molecule has 2 aliphatic rings. The molecule has 2 heterocycles. The van der Waals surface area contributed by atoms with Gasteiger partial charge in [-0.05, 0) is 25.8 Å². The van der Waals surface area contributed by atoms with Gasteiger partial charge in [0, 0.05) is 37.8 Å². The van der Waals surface area contributed by atoms with Gasteiger partial charge >= 0.3 is 0 Å². The minimum absolute atomic E-state index is 0.442. The average molecular weight is 211 g/mol. The molecular formula is C12H25N3. The van der Waals surface area contributed by atoms with Crippen LogP contribution in [0.5, 0.6) is 0 Å². The van der Waals surface area contributed by atoms with Crippen LogP contribution in [-0.4, -0.2) is 54.6 Å². The van der Waals surface area contributed by atoms with Crippen LogP contribution in [0.2, 0.25) is 0 Å². The molecule has 0 spiro atoms. The first-order valence-corrected chi connectivity index (χ1v) is 6.26. The van der Waals surface area contributed by atoms with Crippen molar-refractivity contribution in [1.29, 1.82) is 0 Å². The van der Waals surface area contributed by atoms with Crippen molar-refractivity contribution in [2.45, 2.75) is 44.8 Å². The molecular weight excluding hydrogens is 186 g/mol. The number of rotatable bonds is 2. The Bertz CT molecular complexity index is 201. The fourth-order valence-electron chi connectivity index (χ4n) is 3.17. The number of nitrogens with two attached hydrogens (primary N) is 1. The molecule has 3 heteroatoms. The highest BCUT2D eigenvalue weighted by Crippen LogP contribution is 2.26. The van der Waals surface area contributed by atoms with E-state index in [1.54, 1.807) is 0 Å². The van der Waals surface area contributed by atoms with E-state index < -0.39 is 0 Å². The van der Waals surface area contributed by atoms with Gasteiger partial charge in [-0.3, -0.25) is 9.80 Å². The van der Waals surface area contributed by atoms with Crippen LogP contribution < -0.4 is 5.73 Å². The summed E-state index contributed by atoms with van der Waals surface area (Å²) >= 11 is 0. The van der Waals surface area contributed by atoms with E-state index in [1.807, 2.05) is 0 Å². The lowest BCUT2D eigenvalue weighted by atomic mass is 9.88. The predicted octanol–water partition coefficient (Wildman–Crippen LogP) is 0.748. The second kappa shape index (κ2) is 4.40. The lowest BCUT2D eigenvalue weighted by Gasteiger charge is -2.50. The van der Waals surface area contributed by atoms with Gasteiger partial charge in [-0.1, -0.05) is 13.8 Å². The van der Waals surface area contributed by atoms with Gasteiger partial charge in [-0.2, -0.15) is 0 Å². The van der Waals surface area contributed by atoms with Crippen molar-refractivity contribution in [3.63, 3.8) is 0 Å². The largest absolute Gasteiger partial charge is 0.328 e. The standard InChI is InChI=1S/C12H25N3/c1-9(2)6-15-7-11-4-10(13)5-12(8-15)14(11)3/h9-12H,4-8,13H2,1-3H3/t10-,11-,12+. The maximum absolute atomic E-state index is 6.09. The maximum Gasteiger partial charge on any atom is 0.0238 e. The van der Waals surface area contributed by atoms with Gasteiger partial charge in [-0.15, -0.1) is 0 Å². The monoisotopic (exact) mass is 211 g/mol. The fraction of sp³-hybridized carbons (Fsp3) is 1.00. The van der Waals surface area contributed by atoms with Crippen molar-refractivity contribution in [1.82, 2.24) is 9.80 Å². The van der Waals surface area contributed by atoms with Crippen LogP contribution in [0.4, 0.5) is 0 Å². The molecule has 0 aromatic carbocycles. The number of nitrogens with zero attached hydrogens (tertiary/aromatic N) is 2. The lowest BCUT2D eigenvalue weighted by molar-refractivity contribution is -0.00110. The molecule has 0 aliphatic carbocycles. The second-order valence-corrected chi connectivity index (χ2v) is 5.82. The summed E-state index contributed by atoms with van der Waals surface area (Å²) in [5.41, 5.74) is 6.09. The molecule has 2 aliphatic heterocycles. The molecule has 0 amide bonds. The third-order valence-electron chi connectivity index (χ3n) is 3.86. The number of piperidine rings is 1. The van der Waals surface area contributed by atoms with Gasteiger partial charge in [0.2, 0.25) is 0 Å². The van der Waals surface area contributed by atoms with E-state index in [0.717, 1.165) is 5.92 Å². The molecule has 3 atom stereocenters. The Kier molecular flexibility index (Phi) is 3.33. The molecule has 2 bridgehead atoms. The van der Waals surface area contributed by atoms with Crippen LogP contribution in [0.1, 0.15) is 26.7 Å². The third-order valence-corrected chi connectivity index (χ3v) is 3.86. The second-order valence-electron chi connectivity index (χ2n) is 5.82. The Balaban J connectivity index is 1.96. The normalized spacial score (nSPS) is 38.6.